The molecule has 0 saturated heterocycles. The van der Waals surface area contributed by atoms with Gasteiger partial charge < -0.3 is 8.83 Å². The van der Waals surface area contributed by atoms with Crippen molar-refractivity contribution < 1.29 is 8.83 Å². The van der Waals surface area contributed by atoms with Crippen LogP contribution in [0.3, 0.4) is 0 Å². The second kappa shape index (κ2) is 6.46. The maximum Gasteiger partial charge on any atom is 0.346 e. The Labute approximate surface area is 177 Å². The highest BCUT2D eigenvalue weighted by Gasteiger charge is 2.15. The summed E-state index contributed by atoms with van der Waals surface area (Å²) in [6.45, 7) is 0. The fourth-order valence-electron chi connectivity index (χ4n) is 4.33. The van der Waals surface area contributed by atoms with E-state index in [1.54, 1.807) is 0 Å². The van der Waals surface area contributed by atoms with E-state index >= 15 is 0 Å². The Bertz CT molecular complexity index is 1740. The first-order valence-electron chi connectivity index (χ1n) is 9.85. The van der Waals surface area contributed by atoms with E-state index in [9.17, 15) is 19.2 Å². The van der Waals surface area contributed by atoms with Crippen molar-refractivity contribution in [2.75, 3.05) is 0 Å². The number of fused-ring (bicyclic) bond motifs is 2. The molecule has 0 atom stereocenters. The third kappa shape index (κ3) is 2.53. The van der Waals surface area contributed by atoms with Crippen LogP contribution in [0.25, 0.3) is 53.9 Å². The lowest BCUT2D eigenvalue weighted by molar-refractivity contribution is 0.498. The SMILES string of the molecule is O=c1oc(=O)c2cc3c(=O)oc(=O)c3cc12.c1cc2ccc3cccc4ccc(c1)c2c34. The van der Waals surface area contributed by atoms with Gasteiger partial charge in [0.2, 0.25) is 0 Å². The molecule has 0 unspecified atom stereocenters. The summed E-state index contributed by atoms with van der Waals surface area (Å²) in [5, 5.41) is 8.07. The molecule has 0 amide bonds. The van der Waals surface area contributed by atoms with Crippen LogP contribution >= 0.6 is 0 Å². The second-order valence-electron chi connectivity index (χ2n) is 7.59. The largest absolute Gasteiger partial charge is 0.386 e. The molecule has 0 N–H and O–H groups in total. The van der Waals surface area contributed by atoms with E-state index < -0.39 is 22.5 Å². The van der Waals surface area contributed by atoms with Crippen LogP contribution in [-0.4, -0.2) is 0 Å². The lowest BCUT2D eigenvalue weighted by Gasteiger charge is -2.09. The Balaban J connectivity index is 0.000000122. The molecule has 0 radical (unpaired) electrons. The van der Waals surface area contributed by atoms with Crippen LogP contribution in [0.2, 0.25) is 0 Å². The summed E-state index contributed by atoms with van der Waals surface area (Å²) in [7, 11) is 0. The van der Waals surface area contributed by atoms with Crippen LogP contribution in [0, 0.1) is 0 Å². The molecule has 152 valence electrons. The smallest absolute Gasteiger partial charge is 0.346 e. The van der Waals surface area contributed by atoms with Crippen molar-refractivity contribution in [1.82, 2.24) is 0 Å². The van der Waals surface area contributed by atoms with Crippen molar-refractivity contribution in [3.63, 3.8) is 0 Å². The van der Waals surface area contributed by atoms with Gasteiger partial charge in [0.25, 0.3) is 0 Å². The monoisotopic (exact) mass is 420 g/mol. The first-order valence-corrected chi connectivity index (χ1v) is 9.85. The predicted molar refractivity (Wildman–Crippen MR) is 124 cm³/mol. The van der Waals surface area contributed by atoms with Crippen molar-refractivity contribution in [2.45, 2.75) is 0 Å². The van der Waals surface area contributed by atoms with Crippen LogP contribution in [0.1, 0.15) is 0 Å². The molecule has 0 bridgehead atoms. The standard InChI is InChI=1S/C16H10.C10H2O6/c1-3-11-7-9-13-5-2-6-14-10-8-12(4-1)15(11)16(13)14;11-7-3-1-4-6(10(14)16-8(4)12)2-5(3)9(13)15-7/h1-10H;1-2H. The van der Waals surface area contributed by atoms with Crippen molar-refractivity contribution in [3.8, 4) is 0 Å². The van der Waals surface area contributed by atoms with E-state index in [1.165, 1.54) is 32.3 Å². The molecular formula is C26H12O6. The molecule has 6 nitrogen and oxygen atoms in total. The molecule has 5 aromatic carbocycles. The molecule has 2 heterocycles. The van der Waals surface area contributed by atoms with E-state index in [1.807, 2.05) is 0 Å². The van der Waals surface area contributed by atoms with Crippen molar-refractivity contribution in [3.05, 3.63) is 114 Å². The molecule has 32 heavy (non-hydrogen) atoms. The number of hydrogen-bond donors (Lipinski definition) is 0. The Morgan fingerprint density at radius 1 is 0.406 bits per heavy atom. The molecule has 7 aromatic rings. The summed E-state index contributed by atoms with van der Waals surface area (Å²) >= 11 is 0. The fraction of sp³-hybridized carbons (Fsp3) is 0. The van der Waals surface area contributed by atoms with E-state index in [0.717, 1.165) is 12.1 Å². The van der Waals surface area contributed by atoms with E-state index in [0.29, 0.717) is 0 Å². The van der Waals surface area contributed by atoms with Gasteiger partial charge in [-0.2, -0.15) is 0 Å². The Hall–Kier alpha value is -4.58. The van der Waals surface area contributed by atoms with Crippen LogP contribution in [0.5, 0.6) is 0 Å². The van der Waals surface area contributed by atoms with Gasteiger partial charge in [-0.05, 0) is 44.5 Å². The number of hydrogen-bond acceptors (Lipinski definition) is 6. The zero-order valence-electron chi connectivity index (χ0n) is 16.4. The van der Waals surface area contributed by atoms with E-state index in [4.69, 9.17) is 0 Å². The minimum Gasteiger partial charge on any atom is -0.386 e. The summed E-state index contributed by atoms with van der Waals surface area (Å²) in [6, 6.07) is 24.1. The molecule has 6 heteroatoms. The van der Waals surface area contributed by atoms with Gasteiger partial charge in [0.05, 0.1) is 21.5 Å². The van der Waals surface area contributed by atoms with Gasteiger partial charge in [0, 0.05) is 0 Å². The molecule has 0 aliphatic heterocycles. The number of rotatable bonds is 0. The molecule has 7 rings (SSSR count). The first-order chi connectivity index (χ1) is 15.5. The van der Waals surface area contributed by atoms with Crippen molar-refractivity contribution >= 4 is 53.9 Å². The normalized spacial score (nSPS) is 11.6. The average Bonchev–Trinajstić information content (AvgIpc) is 3.25. The van der Waals surface area contributed by atoms with Gasteiger partial charge in [0.1, 0.15) is 0 Å². The van der Waals surface area contributed by atoms with Crippen molar-refractivity contribution in [1.29, 1.82) is 0 Å². The topological polar surface area (TPSA) is 94.6 Å². The van der Waals surface area contributed by atoms with Gasteiger partial charge in [0.15, 0.2) is 0 Å². The third-order valence-electron chi connectivity index (χ3n) is 5.80. The van der Waals surface area contributed by atoms with Gasteiger partial charge in [-0.15, -0.1) is 0 Å². The highest BCUT2D eigenvalue weighted by molar-refractivity contribution is 6.22. The highest BCUT2D eigenvalue weighted by Crippen LogP contribution is 2.33. The third-order valence-corrected chi connectivity index (χ3v) is 5.80. The lowest BCUT2D eigenvalue weighted by Crippen LogP contribution is -1.96. The first kappa shape index (κ1) is 18.2. The Morgan fingerprint density at radius 3 is 0.969 bits per heavy atom. The maximum absolute atomic E-state index is 11.2. The molecule has 0 spiro atoms. The summed E-state index contributed by atoms with van der Waals surface area (Å²) < 4.78 is 8.68. The van der Waals surface area contributed by atoms with Crippen LogP contribution < -0.4 is 22.5 Å². The van der Waals surface area contributed by atoms with E-state index in [-0.39, 0.29) is 21.5 Å². The molecule has 0 aliphatic carbocycles. The minimum atomic E-state index is -0.824. The molecule has 0 aliphatic rings. The minimum absolute atomic E-state index is 0.0181. The summed E-state index contributed by atoms with van der Waals surface area (Å²) in [5.74, 6) is 0. The van der Waals surface area contributed by atoms with Crippen LogP contribution in [0.4, 0.5) is 0 Å². The van der Waals surface area contributed by atoms with Crippen LogP contribution in [-0.2, 0) is 0 Å². The van der Waals surface area contributed by atoms with Gasteiger partial charge in [-0.1, -0.05) is 60.7 Å². The second-order valence-corrected chi connectivity index (χ2v) is 7.59. The summed E-state index contributed by atoms with van der Waals surface area (Å²) in [4.78, 5) is 44.7. The van der Waals surface area contributed by atoms with Crippen molar-refractivity contribution in [2.24, 2.45) is 0 Å². The van der Waals surface area contributed by atoms with E-state index in [2.05, 4.69) is 69.5 Å². The van der Waals surface area contributed by atoms with Gasteiger partial charge in [-0.3, -0.25) is 0 Å². The zero-order valence-corrected chi connectivity index (χ0v) is 16.4. The fourth-order valence-corrected chi connectivity index (χ4v) is 4.33. The number of benzene rings is 5. The van der Waals surface area contributed by atoms with Gasteiger partial charge in [-0.25, -0.2) is 19.2 Å². The Morgan fingerprint density at radius 2 is 0.688 bits per heavy atom. The highest BCUT2D eigenvalue weighted by atomic mass is 16.4. The molecule has 0 fully saturated rings. The van der Waals surface area contributed by atoms with Crippen LogP contribution in [0.15, 0.2) is 101 Å². The van der Waals surface area contributed by atoms with Gasteiger partial charge >= 0.3 is 22.5 Å². The quantitative estimate of drug-likeness (QED) is 0.343. The zero-order chi connectivity index (χ0) is 22.0. The summed E-state index contributed by atoms with van der Waals surface area (Å²) in [6.07, 6.45) is 0. The average molecular weight is 420 g/mol. The number of furan rings is 2. The lowest BCUT2D eigenvalue weighted by atomic mass is 9.95. The molecular weight excluding hydrogens is 408 g/mol. The maximum atomic E-state index is 11.2. The predicted octanol–water partition coefficient (Wildman–Crippen LogP) is 4.08. The summed E-state index contributed by atoms with van der Waals surface area (Å²) in [5.41, 5.74) is -3.30. The Kier molecular flexibility index (Phi) is 3.67. The molecule has 0 saturated carbocycles. The molecule has 2 aromatic heterocycles.